The maximum absolute atomic E-state index is 14.1. The highest BCUT2D eigenvalue weighted by Gasteiger charge is 2.36. The number of benzene rings is 1. The van der Waals surface area contributed by atoms with Gasteiger partial charge in [0.2, 0.25) is 47.3 Å². The summed E-state index contributed by atoms with van der Waals surface area (Å²) in [4.78, 5) is 155. The first-order valence-electron chi connectivity index (χ1n) is 23.7. The van der Waals surface area contributed by atoms with Gasteiger partial charge in [-0.1, -0.05) is 46.2 Å². The summed E-state index contributed by atoms with van der Waals surface area (Å²) in [5.74, 6) is -14.8. The number of nitrogens with two attached hydrogens (primary N) is 2. The molecule has 0 spiro atoms. The van der Waals surface area contributed by atoms with Crippen LogP contribution in [-0.4, -0.2) is 158 Å². The van der Waals surface area contributed by atoms with Crippen LogP contribution < -0.4 is 54.0 Å². The van der Waals surface area contributed by atoms with Crippen molar-refractivity contribution in [1.29, 1.82) is 0 Å². The fourth-order valence-corrected chi connectivity index (χ4v) is 6.95. The topological polar surface area (TPSA) is 454 Å². The van der Waals surface area contributed by atoms with E-state index in [0.29, 0.717) is 18.4 Å². The summed E-state index contributed by atoms with van der Waals surface area (Å²) >= 11 is 0. The van der Waals surface area contributed by atoms with Crippen LogP contribution in [0.1, 0.15) is 104 Å². The molecule has 1 aromatic rings. The number of nitrogens with one attached hydrogen (secondary N) is 8. The summed E-state index contributed by atoms with van der Waals surface area (Å²) in [6.45, 7) is 7.65. The Bertz CT molecular complexity index is 2090. The van der Waals surface area contributed by atoms with E-state index >= 15 is 0 Å². The Balaban J connectivity index is 3.49. The molecule has 0 aliphatic rings. The Morgan fingerprint density at radius 1 is 0.521 bits per heavy atom. The Morgan fingerprint density at radius 3 is 1.45 bits per heavy atom. The van der Waals surface area contributed by atoms with Crippen LogP contribution in [0.4, 0.5) is 0 Å². The number of carbonyl (C=O) groups is 12. The predicted molar refractivity (Wildman–Crippen MR) is 257 cm³/mol. The number of aliphatic carboxylic acids is 4. The predicted octanol–water partition coefficient (Wildman–Crippen LogP) is -2.70. The zero-order chi connectivity index (χ0) is 55.5. The monoisotopic (exact) mass is 1040 g/mol. The maximum Gasteiger partial charge on any atom is 0.326 e. The fraction of sp³-hybridized carbons (Fsp3) is 0.609. The van der Waals surface area contributed by atoms with E-state index in [4.69, 9.17) is 11.5 Å². The van der Waals surface area contributed by atoms with Gasteiger partial charge >= 0.3 is 23.9 Å². The molecule has 0 fully saturated rings. The Kier molecular flexibility index (Phi) is 28.3. The van der Waals surface area contributed by atoms with Gasteiger partial charge in [0, 0.05) is 19.3 Å². The molecule has 8 amide bonds. The van der Waals surface area contributed by atoms with Crippen LogP contribution >= 0.6 is 0 Å². The summed E-state index contributed by atoms with van der Waals surface area (Å²) < 4.78 is 0. The third-order valence-electron chi connectivity index (χ3n) is 11.2. The SMILES string of the molecule is CC[C@H](C)[C@H](NC(=O)[C@H](Cc1ccc(O)cc1)NC(=O)CN)C(=O)N[C@@H](CCCCN)C(=O)N[C@@H](CCC(=O)O)C(=O)N[C@@H](CC(=O)O)C(=O)N[C@@H](CCC(=O)O)C(=O)N[C@@H](C)C(=O)N[C@@H](CC(C)C)C(=O)O. The maximum atomic E-state index is 14.1. The largest absolute Gasteiger partial charge is 0.508 e. The van der Waals surface area contributed by atoms with Crippen molar-refractivity contribution in [2.45, 2.75) is 154 Å². The van der Waals surface area contributed by atoms with E-state index < -0.39 is 164 Å². The van der Waals surface area contributed by atoms with E-state index in [1.807, 2.05) is 0 Å². The molecule has 27 heteroatoms. The Labute approximate surface area is 421 Å². The van der Waals surface area contributed by atoms with Crippen LogP contribution in [0.3, 0.4) is 0 Å². The number of carboxylic acids is 4. The molecule has 0 aromatic heterocycles. The van der Waals surface area contributed by atoms with Gasteiger partial charge in [-0.25, -0.2) is 4.79 Å². The first-order chi connectivity index (χ1) is 34.2. The lowest BCUT2D eigenvalue weighted by atomic mass is 9.96. The van der Waals surface area contributed by atoms with E-state index in [9.17, 15) is 83.1 Å². The standard InChI is InChI=1S/C46H72N10O17/c1-6-24(4)38(56-44(70)31(50-34(58)22-48)20-26-10-12-27(57)13-11-26)45(71)53-28(9-7-8-18-47)41(67)51-30(15-17-36(61)62)42(68)54-32(21-37(63)64)43(69)52-29(14-16-35(59)60)40(66)49-25(5)39(65)55-33(46(72)73)19-23(2)3/h10-13,23-25,28-33,38,57H,6-9,14-22,47-48H2,1-5H3,(H,49,66)(H,50,58)(H,51,67)(H,52,69)(H,53,71)(H,54,68)(H,55,65)(H,56,70)(H,59,60)(H,61,62)(H,63,64)(H,72,73)/t24-,25-,28-,29-,30-,31-,32-,33-,38-/m0/s1. The molecule has 9 atom stereocenters. The highest BCUT2D eigenvalue weighted by atomic mass is 16.4. The summed E-state index contributed by atoms with van der Waals surface area (Å²) in [5.41, 5.74) is 11.7. The molecule has 17 N–H and O–H groups in total. The average molecular weight is 1040 g/mol. The normalized spacial score (nSPS) is 14.7. The number of rotatable bonds is 35. The summed E-state index contributed by atoms with van der Waals surface area (Å²) in [7, 11) is 0. The van der Waals surface area contributed by atoms with Crippen molar-refractivity contribution in [2.24, 2.45) is 23.3 Å². The number of aromatic hydroxyl groups is 1. The van der Waals surface area contributed by atoms with Crippen LogP contribution in [0.2, 0.25) is 0 Å². The molecule has 0 unspecified atom stereocenters. The van der Waals surface area contributed by atoms with Gasteiger partial charge in [0.25, 0.3) is 0 Å². The van der Waals surface area contributed by atoms with Crippen molar-refractivity contribution in [3.8, 4) is 5.75 Å². The number of amides is 8. The van der Waals surface area contributed by atoms with Crippen LogP contribution in [0, 0.1) is 11.8 Å². The number of phenols is 1. The number of carboxylic acid groups (broad SMARTS) is 4. The summed E-state index contributed by atoms with van der Waals surface area (Å²) in [5, 5.41) is 66.7. The lowest BCUT2D eigenvalue weighted by molar-refractivity contribution is -0.142. The van der Waals surface area contributed by atoms with Gasteiger partial charge in [0.05, 0.1) is 13.0 Å². The van der Waals surface area contributed by atoms with Crippen LogP contribution in [0.25, 0.3) is 0 Å². The first kappa shape index (κ1) is 63.6. The minimum absolute atomic E-state index is 0.0358. The molecule has 0 saturated carbocycles. The smallest absolute Gasteiger partial charge is 0.326 e. The second kappa shape index (κ2) is 32.5. The van der Waals surface area contributed by atoms with Crippen molar-refractivity contribution >= 4 is 71.1 Å². The van der Waals surface area contributed by atoms with Crippen LogP contribution in [-0.2, 0) is 64.0 Å². The van der Waals surface area contributed by atoms with Crippen molar-refractivity contribution in [3.63, 3.8) is 0 Å². The molecular weight excluding hydrogens is 965 g/mol. The van der Waals surface area contributed by atoms with Gasteiger partial charge in [-0.3, -0.25) is 52.7 Å². The Morgan fingerprint density at radius 2 is 0.986 bits per heavy atom. The Hall–Kier alpha value is -7.42. The quantitative estimate of drug-likeness (QED) is 0.0308. The summed E-state index contributed by atoms with van der Waals surface area (Å²) in [6, 6.07) is -6.72. The van der Waals surface area contributed by atoms with E-state index in [0.717, 1.165) is 0 Å². The van der Waals surface area contributed by atoms with Gasteiger partial charge in [0.1, 0.15) is 54.1 Å². The van der Waals surface area contributed by atoms with Gasteiger partial charge in [0.15, 0.2) is 0 Å². The van der Waals surface area contributed by atoms with Crippen LogP contribution in [0.15, 0.2) is 24.3 Å². The molecule has 0 aliphatic carbocycles. The first-order valence-corrected chi connectivity index (χ1v) is 23.7. The molecule has 1 rings (SSSR count). The molecular formula is C46H72N10O17. The van der Waals surface area contributed by atoms with Crippen LogP contribution in [0.5, 0.6) is 5.75 Å². The summed E-state index contributed by atoms with van der Waals surface area (Å²) in [6.07, 6.45) is -3.21. The zero-order valence-electron chi connectivity index (χ0n) is 41.6. The average Bonchev–Trinajstić information content (AvgIpc) is 3.31. The molecule has 0 aliphatic heterocycles. The lowest BCUT2D eigenvalue weighted by Crippen LogP contribution is -2.61. The highest BCUT2D eigenvalue weighted by Crippen LogP contribution is 2.15. The van der Waals surface area contributed by atoms with Crippen molar-refractivity contribution in [3.05, 3.63) is 29.8 Å². The van der Waals surface area contributed by atoms with E-state index in [2.05, 4.69) is 42.5 Å². The van der Waals surface area contributed by atoms with E-state index in [1.54, 1.807) is 27.7 Å². The third kappa shape index (κ3) is 24.5. The molecule has 408 valence electrons. The van der Waals surface area contributed by atoms with Gasteiger partial charge < -0.3 is 79.5 Å². The van der Waals surface area contributed by atoms with Crippen molar-refractivity contribution < 1.29 is 83.1 Å². The number of unbranched alkanes of at least 4 members (excludes halogenated alkanes) is 1. The van der Waals surface area contributed by atoms with E-state index in [1.165, 1.54) is 31.2 Å². The van der Waals surface area contributed by atoms with E-state index in [-0.39, 0.29) is 43.9 Å². The van der Waals surface area contributed by atoms with Gasteiger partial charge in [-0.15, -0.1) is 0 Å². The lowest BCUT2D eigenvalue weighted by Gasteiger charge is -2.29. The number of phenolic OH excluding ortho intramolecular Hbond substituents is 1. The zero-order valence-corrected chi connectivity index (χ0v) is 41.6. The molecule has 1 aromatic carbocycles. The number of hydrogen-bond donors (Lipinski definition) is 15. The second-order valence-electron chi connectivity index (χ2n) is 17.8. The molecule has 0 heterocycles. The van der Waals surface area contributed by atoms with Gasteiger partial charge in [-0.05, 0) is 81.5 Å². The molecule has 0 bridgehead atoms. The minimum Gasteiger partial charge on any atom is -0.508 e. The molecule has 0 saturated heterocycles. The molecule has 0 radical (unpaired) electrons. The molecule has 73 heavy (non-hydrogen) atoms. The fourth-order valence-electron chi connectivity index (χ4n) is 6.95. The second-order valence-corrected chi connectivity index (χ2v) is 17.8. The minimum atomic E-state index is -2.06. The van der Waals surface area contributed by atoms with Crippen molar-refractivity contribution in [2.75, 3.05) is 13.1 Å². The van der Waals surface area contributed by atoms with Gasteiger partial charge in [-0.2, -0.15) is 0 Å². The van der Waals surface area contributed by atoms with Crippen molar-refractivity contribution in [1.82, 2.24) is 42.5 Å². The number of carbonyl (C=O) groups excluding carboxylic acids is 8. The number of hydrogen-bond acceptors (Lipinski definition) is 15. The highest BCUT2D eigenvalue weighted by molar-refractivity contribution is 5.99. The third-order valence-corrected chi connectivity index (χ3v) is 11.2. The molecule has 27 nitrogen and oxygen atoms in total.